The minimum atomic E-state index is 0.225. The summed E-state index contributed by atoms with van der Waals surface area (Å²) in [4.78, 5) is 18.0. The van der Waals surface area contributed by atoms with E-state index in [-0.39, 0.29) is 5.91 Å². The Hall–Kier alpha value is -1.36. The lowest BCUT2D eigenvalue weighted by molar-refractivity contribution is -0.0987. The highest BCUT2D eigenvalue weighted by Crippen LogP contribution is 2.57. The predicted octanol–water partition coefficient (Wildman–Crippen LogP) is 2.95. The van der Waals surface area contributed by atoms with Crippen LogP contribution in [0.25, 0.3) is 0 Å². The van der Waals surface area contributed by atoms with Crippen LogP contribution in [-0.4, -0.2) is 57.2 Å². The van der Waals surface area contributed by atoms with Gasteiger partial charge < -0.3 is 4.90 Å². The van der Waals surface area contributed by atoms with E-state index in [9.17, 15) is 4.79 Å². The Morgan fingerprint density at radius 3 is 2.26 bits per heavy atom. The molecule has 5 nitrogen and oxygen atoms in total. The van der Waals surface area contributed by atoms with Gasteiger partial charge in [0.25, 0.3) is 5.91 Å². The summed E-state index contributed by atoms with van der Waals surface area (Å²) < 4.78 is 2.06. The number of aryl methyl sites for hydroxylation is 1. The maximum absolute atomic E-state index is 13.1. The summed E-state index contributed by atoms with van der Waals surface area (Å²) in [6.07, 6.45) is 14.0. The molecule has 7 rings (SSSR count). The third-order valence-corrected chi connectivity index (χ3v) is 8.46. The van der Waals surface area contributed by atoms with E-state index in [0.29, 0.717) is 5.54 Å². The highest BCUT2D eigenvalue weighted by molar-refractivity contribution is 5.95. The first kappa shape index (κ1) is 16.6. The third-order valence-electron chi connectivity index (χ3n) is 8.46. The second-order valence-corrected chi connectivity index (χ2v) is 10.1. The molecule has 0 atom stereocenters. The quantitative estimate of drug-likeness (QED) is 0.806. The van der Waals surface area contributed by atoms with E-state index < -0.39 is 0 Å². The van der Waals surface area contributed by atoms with Gasteiger partial charge in [0.2, 0.25) is 0 Å². The normalized spacial score (nSPS) is 38.2. The molecule has 4 bridgehead atoms. The molecule has 6 aliphatic rings. The maximum Gasteiger partial charge on any atom is 0.257 e. The Bertz CT molecular complexity index is 710. The van der Waals surface area contributed by atoms with Crippen LogP contribution in [0, 0.1) is 17.8 Å². The summed E-state index contributed by atoms with van der Waals surface area (Å²) in [6.45, 7) is 4.90. The van der Waals surface area contributed by atoms with Crippen LogP contribution in [0.1, 0.15) is 67.4 Å². The fourth-order valence-corrected chi connectivity index (χ4v) is 7.61. The largest absolute Gasteiger partial charge is 0.336 e. The molecule has 0 radical (unpaired) electrons. The van der Waals surface area contributed by atoms with Gasteiger partial charge in [-0.25, -0.2) is 0 Å². The summed E-state index contributed by atoms with van der Waals surface area (Å²) >= 11 is 0. The zero-order chi connectivity index (χ0) is 18.0. The zero-order valence-electron chi connectivity index (χ0n) is 16.4. The van der Waals surface area contributed by atoms with E-state index >= 15 is 0 Å². The molecule has 2 aliphatic heterocycles. The summed E-state index contributed by atoms with van der Waals surface area (Å²) in [5, 5.41) is 4.47. The molecule has 27 heavy (non-hydrogen) atoms. The average Bonchev–Trinajstić information content (AvgIpc) is 3.11. The van der Waals surface area contributed by atoms with Gasteiger partial charge in [-0.15, -0.1) is 0 Å². The second kappa shape index (κ2) is 6.07. The molecule has 1 aromatic heterocycles. The Morgan fingerprint density at radius 2 is 1.59 bits per heavy atom. The fourth-order valence-electron chi connectivity index (χ4n) is 7.61. The van der Waals surface area contributed by atoms with E-state index in [4.69, 9.17) is 0 Å². The van der Waals surface area contributed by atoms with Crippen LogP contribution in [0.2, 0.25) is 0 Å². The molecule has 4 saturated carbocycles. The number of hydrogen-bond acceptors (Lipinski definition) is 3. The van der Waals surface area contributed by atoms with Gasteiger partial charge in [-0.1, -0.05) is 0 Å². The molecule has 5 fully saturated rings. The van der Waals surface area contributed by atoms with Crippen molar-refractivity contribution in [3.8, 4) is 0 Å². The van der Waals surface area contributed by atoms with E-state index in [1.807, 2.05) is 6.20 Å². The van der Waals surface area contributed by atoms with E-state index in [0.717, 1.165) is 62.5 Å². The van der Waals surface area contributed by atoms with E-state index in [2.05, 4.69) is 19.6 Å². The third kappa shape index (κ3) is 2.60. The second-order valence-electron chi connectivity index (χ2n) is 10.1. The molecule has 0 aromatic carbocycles. The van der Waals surface area contributed by atoms with Crippen molar-refractivity contribution in [3.63, 3.8) is 0 Å². The lowest BCUT2D eigenvalue weighted by Gasteiger charge is -2.61. The van der Waals surface area contributed by atoms with Gasteiger partial charge in [-0.3, -0.25) is 14.4 Å². The summed E-state index contributed by atoms with van der Waals surface area (Å²) in [5.74, 6) is 3.21. The predicted molar refractivity (Wildman–Crippen MR) is 104 cm³/mol. The Kier molecular flexibility index (Phi) is 3.73. The van der Waals surface area contributed by atoms with Gasteiger partial charge in [0.15, 0.2) is 0 Å². The minimum absolute atomic E-state index is 0.225. The first-order valence-corrected chi connectivity index (χ1v) is 11.3. The topological polar surface area (TPSA) is 41.4 Å². The first-order valence-electron chi connectivity index (χ1n) is 11.3. The monoisotopic (exact) mass is 368 g/mol. The Balaban J connectivity index is 1.15. The number of carbonyl (C=O) groups excluding carboxylic acids is 1. The van der Waals surface area contributed by atoms with Crippen molar-refractivity contribution >= 4 is 5.91 Å². The Morgan fingerprint density at radius 1 is 0.926 bits per heavy atom. The first-order chi connectivity index (χ1) is 13.2. The molecule has 0 spiro atoms. The van der Waals surface area contributed by atoms with Crippen LogP contribution in [-0.2, 0) is 13.0 Å². The number of fused-ring (bicyclic) bond motifs is 1. The number of piperazine rings is 1. The molecule has 4 aliphatic carbocycles. The summed E-state index contributed by atoms with van der Waals surface area (Å²) in [6, 6.07) is 0. The van der Waals surface area contributed by atoms with Gasteiger partial charge in [-0.2, -0.15) is 5.10 Å². The molecule has 146 valence electrons. The van der Waals surface area contributed by atoms with Gasteiger partial charge in [0.05, 0.1) is 17.5 Å². The maximum atomic E-state index is 13.1. The lowest BCUT2D eigenvalue weighted by atomic mass is 9.52. The van der Waals surface area contributed by atoms with Crippen molar-refractivity contribution in [2.45, 2.75) is 69.9 Å². The van der Waals surface area contributed by atoms with Crippen molar-refractivity contribution in [1.29, 1.82) is 0 Å². The van der Waals surface area contributed by atoms with Crippen LogP contribution in [0.15, 0.2) is 6.20 Å². The van der Waals surface area contributed by atoms with Crippen LogP contribution >= 0.6 is 0 Å². The molecular formula is C22H32N4O. The summed E-state index contributed by atoms with van der Waals surface area (Å²) in [7, 11) is 0. The minimum Gasteiger partial charge on any atom is -0.336 e. The van der Waals surface area contributed by atoms with Crippen molar-refractivity contribution in [2.24, 2.45) is 17.8 Å². The lowest BCUT2D eigenvalue weighted by Crippen LogP contribution is -2.64. The molecule has 0 N–H and O–H groups in total. The van der Waals surface area contributed by atoms with Crippen molar-refractivity contribution in [1.82, 2.24) is 19.6 Å². The molecule has 1 amide bonds. The molecule has 3 heterocycles. The van der Waals surface area contributed by atoms with Gasteiger partial charge in [0.1, 0.15) is 0 Å². The average molecular weight is 369 g/mol. The number of amides is 1. The molecular weight excluding hydrogens is 336 g/mol. The van der Waals surface area contributed by atoms with Gasteiger partial charge in [0, 0.05) is 38.3 Å². The summed E-state index contributed by atoms with van der Waals surface area (Å²) in [5.41, 5.74) is 2.54. The smallest absolute Gasteiger partial charge is 0.257 e. The fraction of sp³-hybridized carbons (Fsp3) is 0.818. The van der Waals surface area contributed by atoms with Crippen molar-refractivity contribution < 1.29 is 4.79 Å². The molecule has 0 unspecified atom stereocenters. The molecule has 5 heteroatoms. The van der Waals surface area contributed by atoms with Crippen LogP contribution in [0.4, 0.5) is 0 Å². The molecule has 1 aromatic rings. The molecule has 1 saturated heterocycles. The van der Waals surface area contributed by atoms with Crippen LogP contribution < -0.4 is 0 Å². The highest BCUT2D eigenvalue weighted by atomic mass is 16.2. The van der Waals surface area contributed by atoms with Crippen LogP contribution in [0.3, 0.4) is 0 Å². The number of rotatable bonds is 2. The van der Waals surface area contributed by atoms with Crippen molar-refractivity contribution in [3.05, 3.63) is 17.5 Å². The van der Waals surface area contributed by atoms with Crippen LogP contribution in [0.5, 0.6) is 0 Å². The number of carbonyl (C=O) groups is 1. The SMILES string of the molecule is O=C(c1cnn2c1CCCC2)N1CCN(C23CC4CC(CC(C4)C2)C3)CC1. The number of aromatic nitrogens is 2. The van der Waals surface area contributed by atoms with Gasteiger partial charge in [-0.05, 0) is 75.5 Å². The van der Waals surface area contributed by atoms with Gasteiger partial charge >= 0.3 is 0 Å². The standard InChI is InChI=1S/C22H32N4O/c27-21(19-15-23-26-4-2-1-3-20(19)26)24-5-7-25(8-6-24)22-12-16-9-17(13-22)11-18(10-16)14-22/h15-18H,1-14H2. The Labute approximate surface area is 162 Å². The van der Waals surface area contributed by atoms with E-state index in [1.54, 1.807) is 0 Å². The highest BCUT2D eigenvalue weighted by Gasteiger charge is 2.53. The number of nitrogens with zero attached hydrogens (tertiary/aromatic N) is 4. The number of hydrogen-bond donors (Lipinski definition) is 0. The van der Waals surface area contributed by atoms with Crippen molar-refractivity contribution in [2.75, 3.05) is 26.2 Å². The zero-order valence-corrected chi connectivity index (χ0v) is 16.4. The van der Waals surface area contributed by atoms with E-state index in [1.165, 1.54) is 57.1 Å².